The number of hydrogen-bond donors (Lipinski definition) is 2. The molecule has 0 aliphatic heterocycles. The minimum absolute atomic E-state index is 0.478. The molecule has 0 bridgehead atoms. The van der Waals surface area contributed by atoms with Crippen molar-refractivity contribution in [1.82, 2.24) is 0 Å². The van der Waals surface area contributed by atoms with E-state index in [2.05, 4.69) is 5.32 Å². The number of rotatable bonds is 3. The van der Waals surface area contributed by atoms with Crippen LogP contribution in [-0.4, -0.2) is 17.3 Å². The second-order valence-corrected chi connectivity index (χ2v) is 4.50. The summed E-state index contributed by atoms with van der Waals surface area (Å²) < 4.78 is 0. The summed E-state index contributed by atoms with van der Waals surface area (Å²) in [5, 5.41) is 13.6. The minimum atomic E-state index is -0.478. The molecule has 0 aromatic heterocycles. The summed E-state index contributed by atoms with van der Waals surface area (Å²) in [6.45, 7) is 0.678. The molecule has 82 valence electrons. The van der Waals surface area contributed by atoms with Gasteiger partial charge >= 0.3 is 0 Å². The van der Waals surface area contributed by atoms with E-state index in [0.717, 1.165) is 31.4 Å². The monoisotopic (exact) mass is 205 g/mol. The van der Waals surface area contributed by atoms with Gasteiger partial charge in [-0.1, -0.05) is 37.5 Å². The van der Waals surface area contributed by atoms with Crippen molar-refractivity contribution in [2.24, 2.45) is 0 Å². The van der Waals surface area contributed by atoms with Gasteiger partial charge in [0.25, 0.3) is 0 Å². The standard InChI is InChI=1S/C13H19NO/c15-13(9-5-2-6-10-13)11-14-12-7-3-1-4-8-12/h1,3-4,7-8,14-15H,2,5-6,9-11H2. The molecule has 0 spiro atoms. The van der Waals surface area contributed by atoms with Crippen molar-refractivity contribution < 1.29 is 5.11 Å². The summed E-state index contributed by atoms with van der Waals surface area (Å²) in [6, 6.07) is 10.1. The molecule has 2 heteroatoms. The average Bonchev–Trinajstić information content (AvgIpc) is 2.29. The van der Waals surface area contributed by atoms with E-state index in [1.807, 2.05) is 30.3 Å². The van der Waals surface area contributed by atoms with E-state index >= 15 is 0 Å². The molecule has 1 fully saturated rings. The van der Waals surface area contributed by atoms with Crippen LogP contribution in [-0.2, 0) is 0 Å². The first kappa shape index (κ1) is 10.5. The minimum Gasteiger partial charge on any atom is -0.388 e. The van der Waals surface area contributed by atoms with Gasteiger partial charge in [0, 0.05) is 12.2 Å². The molecule has 0 amide bonds. The molecule has 1 aromatic rings. The molecule has 0 saturated heterocycles. The molecule has 2 nitrogen and oxygen atoms in total. The summed E-state index contributed by atoms with van der Waals surface area (Å²) in [5.74, 6) is 0. The SMILES string of the molecule is OC1(CNc2ccccc2)CCCCC1. The Hall–Kier alpha value is -1.02. The smallest absolute Gasteiger partial charge is 0.0819 e. The zero-order chi connectivity index (χ0) is 10.6. The van der Waals surface area contributed by atoms with E-state index in [4.69, 9.17) is 0 Å². The van der Waals surface area contributed by atoms with Crippen LogP contribution in [0, 0.1) is 0 Å². The lowest BCUT2D eigenvalue weighted by Gasteiger charge is -2.32. The third kappa shape index (κ3) is 2.96. The molecular weight excluding hydrogens is 186 g/mol. The number of anilines is 1. The topological polar surface area (TPSA) is 32.3 Å². The maximum atomic E-state index is 10.3. The highest BCUT2D eigenvalue weighted by molar-refractivity contribution is 5.42. The third-order valence-electron chi connectivity index (χ3n) is 3.18. The lowest BCUT2D eigenvalue weighted by Crippen LogP contribution is -2.38. The summed E-state index contributed by atoms with van der Waals surface area (Å²) in [5.41, 5.74) is 0.616. The number of aliphatic hydroxyl groups is 1. The number of para-hydroxylation sites is 1. The second-order valence-electron chi connectivity index (χ2n) is 4.50. The van der Waals surface area contributed by atoms with E-state index in [1.54, 1.807) is 0 Å². The lowest BCUT2D eigenvalue weighted by atomic mass is 9.85. The molecule has 0 heterocycles. The molecule has 2 rings (SSSR count). The molecule has 1 saturated carbocycles. The van der Waals surface area contributed by atoms with Gasteiger partial charge in [-0.25, -0.2) is 0 Å². The largest absolute Gasteiger partial charge is 0.388 e. The summed E-state index contributed by atoms with van der Waals surface area (Å²) in [4.78, 5) is 0. The van der Waals surface area contributed by atoms with Crippen LogP contribution >= 0.6 is 0 Å². The third-order valence-corrected chi connectivity index (χ3v) is 3.18. The molecule has 1 aromatic carbocycles. The van der Waals surface area contributed by atoms with Gasteiger partial charge in [-0.15, -0.1) is 0 Å². The van der Waals surface area contributed by atoms with Crippen molar-refractivity contribution >= 4 is 5.69 Å². The van der Waals surface area contributed by atoms with E-state index in [0.29, 0.717) is 6.54 Å². The van der Waals surface area contributed by atoms with E-state index < -0.39 is 5.60 Å². The summed E-state index contributed by atoms with van der Waals surface area (Å²) >= 11 is 0. The predicted octanol–water partition coefficient (Wildman–Crippen LogP) is 2.79. The van der Waals surface area contributed by atoms with Crippen LogP contribution in [0.4, 0.5) is 5.69 Å². The van der Waals surface area contributed by atoms with Crippen LogP contribution in [0.5, 0.6) is 0 Å². The van der Waals surface area contributed by atoms with Crippen LogP contribution in [0.25, 0.3) is 0 Å². The first-order chi connectivity index (χ1) is 7.29. The highest BCUT2D eigenvalue weighted by Gasteiger charge is 2.28. The Morgan fingerprint density at radius 1 is 1.07 bits per heavy atom. The van der Waals surface area contributed by atoms with Crippen molar-refractivity contribution in [1.29, 1.82) is 0 Å². The van der Waals surface area contributed by atoms with Gasteiger partial charge in [0.15, 0.2) is 0 Å². The predicted molar refractivity (Wildman–Crippen MR) is 63.0 cm³/mol. The van der Waals surface area contributed by atoms with Gasteiger partial charge in [0.1, 0.15) is 0 Å². The zero-order valence-corrected chi connectivity index (χ0v) is 9.08. The van der Waals surface area contributed by atoms with Crippen molar-refractivity contribution in [2.75, 3.05) is 11.9 Å². The van der Waals surface area contributed by atoms with Crippen LogP contribution in [0.3, 0.4) is 0 Å². The fourth-order valence-corrected chi connectivity index (χ4v) is 2.21. The van der Waals surface area contributed by atoms with Gasteiger partial charge in [-0.3, -0.25) is 0 Å². The van der Waals surface area contributed by atoms with Crippen LogP contribution < -0.4 is 5.32 Å². The van der Waals surface area contributed by atoms with Crippen LogP contribution in [0.15, 0.2) is 30.3 Å². The molecule has 0 radical (unpaired) electrons. The van der Waals surface area contributed by atoms with Gasteiger partial charge in [-0.05, 0) is 25.0 Å². The second kappa shape index (κ2) is 4.67. The summed E-state index contributed by atoms with van der Waals surface area (Å²) in [7, 11) is 0. The Morgan fingerprint density at radius 3 is 2.40 bits per heavy atom. The highest BCUT2D eigenvalue weighted by atomic mass is 16.3. The molecule has 15 heavy (non-hydrogen) atoms. The first-order valence-corrected chi connectivity index (χ1v) is 5.80. The Morgan fingerprint density at radius 2 is 1.73 bits per heavy atom. The maximum absolute atomic E-state index is 10.3. The Balaban J connectivity index is 1.87. The fraction of sp³-hybridized carbons (Fsp3) is 0.538. The van der Waals surface area contributed by atoms with Gasteiger partial charge in [-0.2, -0.15) is 0 Å². The van der Waals surface area contributed by atoms with E-state index in [9.17, 15) is 5.11 Å². The molecular formula is C13H19NO. The van der Waals surface area contributed by atoms with Crippen LogP contribution in [0.1, 0.15) is 32.1 Å². The first-order valence-electron chi connectivity index (χ1n) is 5.80. The zero-order valence-electron chi connectivity index (χ0n) is 9.08. The van der Waals surface area contributed by atoms with Crippen molar-refractivity contribution in [3.8, 4) is 0 Å². The number of benzene rings is 1. The lowest BCUT2D eigenvalue weighted by molar-refractivity contribution is 0.0167. The van der Waals surface area contributed by atoms with Crippen molar-refractivity contribution in [2.45, 2.75) is 37.7 Å². The molecule has 1 aliphatic rings. The van der Waals surface area contributed by atoms with E-state index in [1.165, 1.54) is 6.42 Å². The quantitative estimate of drug-likeness (QED) is 0.795. The molecule has 0 unspecified atom stereocenters. The van der Waals surface area contributed by atoms with Gasteiger partial charge in [0.2, 0.25) is 0 Å². The molecule has 1 aliphatic carbocycles. The fourth-order valence-electron chi connectivity index (χ4n) is 2.21. The number of nitrogens with one attached hydrogen (secondary N) is 1. The Bertz CT molecular complexity index is 291. The van der Waals surface area contributed by atoms with Crippen molar-refractivity contribution in [3.63, 3.8) is 0 Å². The number of hydrogen-bond acceptors (Lipinski definition) is 2. The highest BCUT2D eigenvalue weighted by Crippen LogP contribution is 2.28. The maximum Gasteiger partial charge on any atom is 0.0819 e. The summed E-state index contributed by atoms with van der Waals surface area (Å²) in [6.07, 6.45) is 5.47. The normalized spacial score (nSPS) is 19.8. The average molecular weight is 205 g/mol. The molecule has 2 N–H and O–H groups in total. The van der Waals surface area contributed by atoms with E-state index in [-0.39, 0.29) is 0 Å². The van der Waals surface area contributed by atoms with Gasteiger partial charge in [0.05, 0.1) is 5.60 Å². The van der Waals surface area contributed by atoms with Crippen LogP contribution in [0.2, 0.25) is 0 Å². The Kier molecular flexibility index (Phi) is 3.27. The van der Waals surface area contributed by atoms with Crippen molar-refractivity contribution in [3.05, 3.63) is 30.3 Å². The Labute approximate surface area is 91.3 Å². The molecule has 0 atom stereocenters. The van der Waals surface area contributed by atoms with Gasteiger partial charge < -0.3 is 10.4 Å².